The van der Waals surface area contributed by atoms with Crippen LogP contribution in [0.3, 0.4) is 0 Å². The normalized spacial score (nSPS) is 9.14. The number of benzene rings is 1. The lowest BCUT2D eigenvalue weighted by Crippen LogP contribution is -2.33. The molecular weight excluding hydrogens is 321 g/mol. The van der Waals surface area contributed by atoms with E-state index in [-0.39, 0.29) is 30.7 Å². The molecule has 2 rings (SSSR count). The number of carbonyl (C=O) groups is 1. The molecule has 0 radical (unpaired) electrons. The molecule has 1 amide bonds. The van der Waals surface area contributed by atoms with Crippen LogP contribution >= 0.6 is 24.8 Å². The summed E-state index contributed by atoms with van der Waals surface area (Å²) < 4.78 is 0. The Labute approximate surface area is 143 Å². The number of halogens is 2. The van der Waals surface area contributed by atoms with Gasteiger partial charge in [-0.15, -0.1) is 24.8 Å². The zero-order valence-electron chi connectivity index (χ0n) is 12.4. The van der Waals surface area contributed by atoms with Gasteiger partial charge in [0.05, 0.1) is 6.54 Å². The van der Waals surface area contributed by atoms with Crippen LogP contribution < -0.4 is 5.32 Å². The van der Waals surface area contributed by atoms with Crippen LogP contribution in [0.1, 0.15) is 5.56 Å². The summed E-state index contributed by atoms with van der Waals surface area (Å²) in [5.74, 6) is 0.0860. The Morgan fingerprint density at radius 1 is 1.09 bits per heavy atom. The number of aromatic nitrogens is 1. The van der Waals surface area contributed by atoms with Crippen molar-refractivity contribution < 1.29 is 4.79 Å². The molecule has 0 spiro atoms. The van der Waals surface area contributed by atoms with Crippen molar-refractivity contribution >= 4 is 36.4 Å². The molecule has 0 unspecified atom stereocenters. The van der Waals surface area contributed by atoms with Crippen molar-refractivity contribution in [1.82, 2.24) is 9.88 Å². The second kappa shape index (κ2) is 10.9. The molecule has 22 heavy (non-hydrogen) atoms. The molecule has 0 fully saturated rings. The summed E-state index contributed by atoms with van der Waals surface area (Å²) in [4.78, 5) is 17.7. The number of rotatable bonds is 6. The van der Waals surface area contributed by atoms with Crippen LogP contribution in [0.5, 0.6) is 0 Å². The first-order chi connectivity index (χ1) is 9.75. The molecule has 2 aromatic rings. The van der Waals surface area contributed by atoms with Crippen LogP contribution in [0.25, 0.3) is 0 Å². The summed E-state index contributed by atoms with van der Waals surface area (Å²) in [5.41, 5.74) is 2.15. The van der Waals surface area contributed by atoms with Crippen molar-refractivity contribution in [2.24, 2.45) is 0 Å². The summed E-state index contributed by atoms with van der Waals surface area (Å²) in [7, 11) is 1.83. The first-order valence-corrected chi connectivity index (χ1v) is 6.67. The van der Waals surface area contributed by atoms with Gasteiger partial charge in [0.2, 0.25) is 5.91 Å². The number of carbonyl (C=O) groups excluding carboxylic acids is 1. The molecule has 0 saturated heterocycles. The zero-order chi connectivity index (χ0) is 14.2. The molecule has 1 aromatic heterocycles. The van der Waals surface area contributed by atoms with E-state index in [1.807, 2.05) is 49.5 Å². The number of nitrogens with one attached hydrogen (secondary N) is 1. The highest BCUT2D eigenvalue weighted by molar-refractivity contribution is 5.85. The van der Waals surface area contributed by atoms with Gasteiger partial charge >= 0.3 is 0 Å². The third-order valence-corrected chi connectivity index (χ3v) is 3.13. The van der Waals surface area contributed by atoms with Gasteiger partial charge in [0.1, 0.15) is 0 Å². The first-order valence-electron chi connectivity index (χ1n) is 6.67. The Balaban J connectivity index is 0.00000220. The van der Waals surface area contributed by atoms with Gasteiger partial charge < -0.3 is 10.2 Å². The summed E-state index contributed by atoms with van der Waals surface area (Å²) >= 11 is 0. The van der Waals surface area contributed by atoms with Crippen LogP contribution in [0.15, 0.2) is 54.9 Å². The molecule has 0 aliphatic carbocycles. The predicted molar refractivity (Wildman–Crippen MR) is 95.0 cm³/mol. The number of likely N-dealkylation sites (N-methyl/N-ethyl adjacent to an activating group) is 1. The fraction of sp³-hybridized carbons (Fsp3) is 0.250. The van der Waals surface area contributed by atoms with Gasteiger partial charge in [-0.2, -0.15) is 0 Å². The van der Waals surface area contributed by atoms with E-state index >= 15 is 0 Å². The maximum Gasteiger partial charge on any atom is 0.241 e. The van der Waals surface area contributed by atoms with E-state index in [1.165, 1.54) is 5.56 Å². The monoisotopic (exact) mass is 341 g/mol. The Bertz CT molecular complexity index is 538. The molecular formula is C16H21Cl2N3O. The minimum atomic E-state index is 0. The average Bonchev–Trinajstić information content (AvgIpc) is 2.52. The molecule has 120 valence electrons. The Kier molecular flexibility index (Phi) is 10.00. The van der Waals surface area contributed by atoms with E-state index in [9.17, 15) is 4.79 Å². The van der Waals surface area contributed by atoms with Crippen molar-refractivity contribution in [3.05, 3.63) is 60.4 Å². The quantitative estimate of drug-likeness (QED) is 0.878. The van der Waals surface area contributed by atoms with E-state index in [2.05, 4.69) is 10.3 Å². The third kappa shape index (κ3) is 6.78. The summed E-state index contributed by atoms with van der Waals surface area (Å²) in [6.07, 6.45) is 4.39. The van der Waals surface area contributed by atoms with Crippen molar-refractivity contribution in [1.29, 1.82) is 0 Å². The smallest absolute Gasteiger partial charge is 0.241 e. The van der Waals surface area contributed by atoms with Gasteiger partial charge in [0.15, 0.2) is 0 Å². The number of hydrogen-bond donors (Lipinski definition) is 1. The first kappa shape index (κ1) is 20.2. The largest absolute Gasteiger partial charge is 0.376 e. The van der Waals surface area contributed by atoms with Crippen molar-refractivity contribution in [3.8, 4) is 0 Å². The molecule has 6 heteroatoms. The van der Waals surface area contributed by atoms with Crippen molar-refractivity contribution in [2.75, 3.05) is 25.5 Å². The minimum absolute atomic E-state index is 0. The standard InChI is InChI=1S/C16H19N3O.2ClH/c1-19(12-9-14-7-10-17-11-8-14)16(20)13-18-15-5-3-2-4-6-15;;/h2-8,10-11,18H,9,12-13H2,1H3;2*1H. The lowest BCUT2D eigenvalue weighted by atomic mass is 10.2. The number of anilines is 1. The summed E-state index contributed by atoms with van der Waals surface area (Å²) in [5, 5.41) is 3.12. The third-order valence-electron chi connectivity index (χ3n) is 3.13. The molecule has 0 atom stereocenters. The molecule has 1 heterocycles. The summed E-state index contributed by atoms with van der Waals surface area (Å²) in [6.45, 7) is 1.02. The van der Waals surface area contributed by atoms with Gasteiger partial charge in [0.25, 0.3) is 0 Å². The molecule has 0 saturated carbocycles. The number of hydrogen-bond acceptors (Lipinski definition) is 3. The van der Waals surface area contributed by atoms with Crippen LogP contribution in [0, 0.1) is 0 Å². The zero-order valence-corrected chi connectivity index (χ0v) is 14.1. The summed E-state index contributed by atoms with van der Waals surface area (Å²) in [6, 6.07) is 13.7. The number of pyridine rings is 1. The SMILES string of the molecule is CN(CCc1ccncc1)C(=O)CNc1ccccc1.Cl.Cl. The van der Waals surface area contributed by atoms with E-state index in [1.54, 1.807) is 17.3 Å². The maximum absolute atomic E-state index is 12.0. The molecule has 1 N–H and O–H groups in total. The van der Waals surface area contributed by atoms with Gasteiger partial charge in [-0.05, 0) is 36.2 Å². The second-order valence-electron chi connectivity index (χ2n) is 4.64. The number of para-hydroxylation sites is 1. The lowest BCUT2D eigenvalue weighted by Gasteiger charge is -2.17. The second-order valence-corrected chi connectivity index (χ2v) is 4.64. The van der Waals surface area contributed by atoms with Crippen LogP contribution in [0.4, 0.5) is 5.69 Å². The predicted octanol–water partition coefficient (Wildman–Crippen LogP) is 3.04. The lowest BCUT2D eigenvalue weighted by molar-refractivity contribution is -0.127. The molecule has 0 aliphatic rings. The highest BCUT2D eigenvalue weighted by atomic mass is 35.5. The van der Waals surface area contributed by atoms with E-state index < -0.39 is 0 Å². The van der Waals surface area contributed by atoms with Crippen LogP contribution in [-0.2, 0) is 11.2 Å². The fourth-order valence-electron chi connectivity index (χ4n) is 1.84. The molecule has 0 aliphatic heterocycles. The van der Waals surface area contributed by atoms with Crippen LogP contribution in [-0.4, -0.2) is 35.9 Å². The van der Waals surface area contributed by atoms with E-state index in [0.29, 0.717) is 13.1 Å². The Morgan fingerprint density at radius 3 is 2.36 bits per heavy atom. The molecule has 4 nitrogen and oxygen atoms in total. The Hall–Kier alpha value is -1.78. The highest BCUT2D eigenvalue weighted by Crippen LogP contribution is 2.04. The van der Waals surface area contributed by atoms with Crippen molar-refractivity contribution in [2.45, 2.75) is 6.42 Å². The van der Waals surface area contributed by atoms with Crippen molar-refractivity contribution in [3.63, 3.8) is 0 Å². The van der Waals surface area contributed by atoms with Gasteiger partial charge in [-0.1, -0.05) is 18.2 Å². The Morgan fingerprint density at radius 2 is 1.73 bits per heavy atom. The average molecular weight is 342 g/mol. The van der Waals surface area contributed by atoms with Gasteiger partial charge in [-0.3, -0.25) is 9.78 Å². The van der Waals surface area contributed by atoms with E-state index in [0.717, 1.165) is 12.1 Å². The maximum atomic E-state index is 12.0. The van der Waals surface area contributed by atoms with E-state index in [4.69, 9.17) is 0 Å². The van der Waals surface area contributed by atoms with Gasteiger partial charge in [0, 0.05) is 31.7 Å². The fourth-order valence-corrected chi connectivity index (χ4v) is 1.84. The number of nitrogens with zero attached hydrogens (tertiary/aromatic N) is 2. The topological polar surface area (TPSA) is 45.2 Å². The van der Waals surface area contributed by atoms with Crippen LogP contribution in [0.2, 0.25) is 0 Å². The molecule has 1 aromatic carbocycles. The number of amides is 1. The molecule has 0 bridgehead atoms. The minimum Gasteiger partial charge on any atom is -0.376 e. The van der Waals surface area contributed by atoms with Gasteiger partial charge in [-0.25, -0.2) is 0 Å². The highest BCUT2D eigenvalue weighted by Gasteiger charge is 2.08.